The summed E-state index contributed by atoms with van der Waals surface area (Å²) >= 11 is 0. The Labute approximate surface area is 117 Å². The summed E-state index contributed by atoms with van der Waals surface area (Å²) in [4.78, 5) is 6.93. The summed E-state index contributed by atoms with van der Waals surface area (Å²) in [6.45, 7) is 9.26. The summed E-state index contributed by atoms with van der Waals surface area (Å²) in [5.74, 6) is 2.67. The van der Waals surface area contributed by atoms with Gasteiger partial charge in [0.1, 0.15) is 11.6 Å². The van der Waals surface area contributed by atoms with Gasteiger partial charge in [-0.05, 0) is 32.9 Å². The van der Waals surface area contributed by atoms with Crippen LogP contribution < -0.4 is 15.0 Å². The molecule has 0 bridgehead atoms. The molecular formula is C15H27N3O. The molecule has 2 heterocycles. The van der Waals surface area contributed by atoms with Crippen LogP contribution in [0.1, 0.15) is 26.0 Å². The maximum Gasteiger partial charge on any atom is 0.132 e. The molecule has 2 rings (SSSR count). The summed E-state index contributed by atoms with van der Waals surface area (Å²) in [6, 6.07) is 3.99. The zero-order valence-electron chi connectivity index (χ0n) is 12.9. The van der Waals surface area contributed by atoms with Crippen LogP contribution in [-0.4, -0.2) is 38.8 Å². The number of anilines is 1. The standard InChI is InChI=1S/C13H21N3O.C2H6/c1-10-6-12(17-3)7-13(15-10)16-5-4-11(9-16)8-14-2;1-2/h6-7,11,14H,4-5,8-9H2,1-3H3;1-2H3. The first kappa shape index (κ1) is 15.8. The molecule has 1 atom stereocenters. The number of aromatic nitrogens is 1. The second kappa shape index (κ2) is 8.00. The largest absolute Gasteiger partial charge is 0.497 e. The molecule has 1 aromatic heterocycles. The van der Waals surface area contributed by atoms with E-state index >= 15 is 0 Å². The van der Waals surface area contributed by atoms with Crippen LogP contribution in [0.4, 0.5) is 5.82 Å². The van der Waals surface area contributed by atoms with Crippen molar-refractivity contribution in [2.24, 2.45) is 5.92 Å². The van der Waals surface area contributed by atoms with Crippen molar-refractivity contribution in [1.82, 2.24) is 10.3 Å². The fraction of sp³-hybridized carbons (Fsp3) is 0.667. The monoisotopic (exact) mass is 265 g/mol. The van der Waals surface area contributed by atoms with Gasteiger partial charge in [0, 0.05) is 30.9 Å². The first-order chi connectivity index (χ1) is 9.22. The molecule has 0 aromatic carbocycles. The number of pyridine rings is 1. The van der Waals surface area contributed by atoms with Crippen LogP contribution in [0.25, 0.3) is 0 Å². The Balaban J connectivity index is 0.000000861. The van der Waals surface area contributed by atoms with Gasteiger partial charge in [0.2, 0.25) is 0 Å². The number of nitrogens with zero attached hydrogens (tertiary/aromatic N) is 2. The molecule has 0 amide bonds. The lowest BCUT2D eigenvalue weighted by Crippen LogP contribution is -2.25. The van der Waals surface area contributed by atoms with Gasteiger partial charge in [0.15, 0.2) is 0 Å². The van der Waals surface area contributed by atoms with Crippen molar-refractivity contribution in [3.05, 3.63) is 17.8 Å². The van der Waals surface area contributed by atoms with E-state index < -0.39 is 0 Å². The third kappa shape index (κ3) is 4.39. The summed E-state index contributed by atoms with van der Waals surface area (Å²) in [7, 11) is 3.71. The van der Waals surface area contributed by atoms with Gasteiger partial charge >= 0.3 is 0 Å². The Hall–Kier alpha value is -1.29. The molecule has 1 N–H and O–H groups in total. The fourth-order valence-corrected chi connectivity index (χ4v) is 2.40. The van der Waals surface area contributed by atoms with Crippen LogP contribution in [0, 0.1) is 12.8 Å². The zero-order valence-corrected chi connectivity index (χ0v) is 12.9. The van der Waals surface area contributed by atoms with E-state index in [1.807, 2.05) is 40.0 Å². The van der Waals surface area contributed by atoms with Gasteiger partial charge in [-0.25, -0.2) is 4.98 Å². The number of ether oxygens (including phenoxy) is 1. The van der Waals surface area contributed by atoms with Gasteiger partial charge in [-0.1, -0.05) is 13.8 Å². The molecule has 1 aliphatic heterocycles. The maximum absolute atomic E-state index is 5.29. The van der Waals surface area contributed by atoms with E-state index in [2.05, 4.69) is 15.2 Å². The van der Waals surface area contributed by atoms with E-state index in [1.54, 1.807) is 7.11 Å². The molecule has 1 unspecified atom stereocenters. The minimum absolute atomic E-state index is 0.730. The van der Waals surface area contributed by atoms with Crippen molar-refractivity contribution in [1.29, 1.82) is 0 Å². The van der Waals surface area contributed by atoms with E-state index in [-0.39, 0.29) is 0 Å². The molecule has 19 heavy (non-hydrogen) atoms. The topological polar surface area (TPSA) is 37.4 Å². The molecule has 1 aliphatic rings. The van der Waals surface area contributed by atoms with Gasteiger partial charge in [-0.2, -0.15) is 0 Å². The van der Waals surface area contributed by atoms with Crippen LogP contribution in [0.3, 0.4) is 0 Å². The van der Waals surface area contributed by atoms with E-state index in [0.29, 0.717) is 0 Å². The first-order valence-electron chi connectivity index (χ1n) is 7.15. The van der Waals surface area contributed by atoms with Crippen molar-refractivity contribution < 1.29 is 4.74 Å². The van der Waals surface area contributed by atoms with Gasteiger partial charge in [-0.15, -0.1) is 0 Å². The van der Waals surface area contributed by atoms with Crippen molar-refractivity contribution in [2.45, 2.75) is 27.2 Å². The van der Waals surface area contributed by atoms with Crippen LogP contribution in [-0.2, 0) is 0 Å². The van der Waals surface area contributed by atoms with Gasteiger partial charge < -0.3 is 15.0 Å². The van der Waals surface area contributed by atoms with E-state index in [0.717, 1.165) is 42.8 Å². The van der Waals surface area contributed by atoms with Crippen LogP contribution in [0.5, 0.6) is 5.75 Å². The average Bonchev–Trinajstić information content (AvgIpc) is 2.89. The quantitative estimate of drug-likeness (QED) is 0.907. The Morgan fingerprint density at radius 3 is 2.79 bits per heavy atom. The average molecular weight is 265 g/mol. The SMILES string of the molecule is CC.CNCC1CCN(c2cc(OC)cc(C)n2)C1. The van der Waals surface area contributed by atoms with E-state index in [9.17, 15) is 0 Å². The highest BCUT2D eigenvalue weighted by Gasteiger charge is 2.23. The summed E-state index contributed by atoms with van der Waals surface area (Å²) in [5.41, 5.74) is 1.01. The number of hydrogen-bond acceptors (Lipinski definition) is 4. The Kier molecular flexibility index (Phi) is 6.64. The van der Waals surface area contributed by atoms with Crippen molar-refractivity contribution in [2.75, 3.05) is 38.7 Å². The molecule has 0 saturated carbocycles. The lowest BCUT2D eigenvalue weighted by Gasteiger charge is -2.18. The molecule has 0 radical (unpaired) electrons. The van der Waals surface area contributed by atoms with Crippen LogP contribution >= 0.6 is 0 Å². The van der Waals surface area contributed by atoms with Crippen LogP contribution in [0.15, 0.2) is 12.1 Å². The fourth-order valence-electron chi connectivity index (χ4n) is 2.40. The number of aryl methyl sites for hydroxylation is 1. The van der Waals surface area contributed by atoms with E-state index in [1.165, 1.54) is 6.42 Å². The Bertz CT molecular complexity index is 382. The zero-order chi connectivity index (χ0) is 14.3. The molecule has 1 fully saturated rings. The van der Waals surface area contributed by atoms with Crippen molar-refractivity contribution in [3.8, 4) is 5.75 Å². The third-order valence-electron chi connectivity index (χ3n) is 3.25. The molecule has 0 spiro atoms. The minimum atomic E-state index is 0.730. The lowest BCUT2D eigenvalue weighted by atomic mass is 10.1. The van der Waals surface area contributed by atoms with Crippen LogP contribution in [0.2, 0.25) is 0 Å². The third-order valence-corrected chi connectivity index (χ3v) is 3.25. The summed E-state index contributed by atoms with van der Waals surface area (Å²) < 4.78 is 5.29. The van der Waals surface area contributed by atoms with Gasteiger partial charge in [0.05, 0.1) is 7.11 Å². The molecule has 0 aliphatic carbocycles. The van der Waals surface area contributed by atoms with E-state index in [4.69, 9.17) is 4.74 Å². The highest BCUT2D eigenvalue weighted by Crippen LogP contribution is 2.25. The number of rotatable bonds is 4. The predicted octanol–water partition coefficient (Wildman–Crippen LogP) is 2.47. The molecule has 1 aromatic rings. The normalized spacial score (nSPS) is 17.9. The molecule has 4 heteroatoms. The second-order valence-corrected chi connectivity index (χ2v) is 4.66. The predicted molar refractivity (Wildman–Crippen MR) is 81.1 cm³/mol. The Morgan fingerprint density at radius 2 is 2.16 bits per heavy atom. The van der Waals surface area contributed by atoms with Gasteiger partial charge in [0.25, 0.3) is 0 Å². The van der Waals surface area contributed by atoms with Crippen molar-refractivity contribution >= 4 is 5.82 Å². The molecule has 1 saturated heterocycles. The number of methoxy groups -OCH3 is 1. The maximum atomic E-state index is 5.29. The summed E-state index contributed by atoms with van der Waals surface area (Å²) in [5, 5.41) is 3.24. The van der Waals surface area contributed by atoms with Gasteiger partial charge in [-0.3, -0.25) is 0 Å². The second-order valence-electron chi connectivity index (χ2n) is 4.66. The summed E-state index contributed by atoms with van der Waals surface area (Å²) in [6.07, 6.45) is 1.23. The number of nitrogens with one attached hydrogen (secondary N) is 1. The molecular weight excluding hydrogens is 238 g/mol. The first-order valence-corrected chi connectivity index (χ1v) is 7.15. The molecule has 4 nitrogen and oxygen atoms in total. The smallest absolute Gasteiger partial charge is 0.132 e. The van der Waals surface area contributed by atoms with Crippen molar-refractivity contribution in [3.63, 3.8) is 0 Å². The Morgan fingerprint density at radius 1 is 1.42 bits per heavy atom. The highest BCUT2D eigenvalue weighted by atomic mass is 16.5. The minimum Gasteiger partial charge on any atom is -0.497 e. The highest BCUT2D eigenvalue weighted by molar-refractivity contribution is 5.46. The number of hydrogen-bond donors (Lipinski definition) is 1. The molecule has 108 valence electrons. The lowest BCUT2D eigenvalue weighted by molar-refractivity contribution is 0.414.